The number of hydrogen-bond acceptors (Lipinski definition) is 3. The molecule has 1 heterocycles. The number of nitrogens with zero attached hydrogens (tertiary/aromatic N) is 1. The summed E-state index contributed by atoms with van der Waals surface area (Å²) in [5.74, 6) is 1.47. The fourth-order valence-corrected chi connectivity index (χ4v) is 2.56. The van der Waals surface area contributed by atoms with Crippen LogP contribution in [0, 0.1) is 0 Å². The average Bonchev–Trinajstić information content (AvgIpc) is 2.42. The molecule has 0 aromatic heterocycles. The van der Waals surface area contributed by atoms with Crippen LogP contribution in [0.2, 0.25) is 0 Å². The standard InChI is InChI=1S/C17H27N3/c1-13(2)15-5-7-16(8-6-15)18-14(3)19-17-9-11-20(4)12-10-17/h5-8,13,17-19H,3,9-12H2,1-2,4H3. The van der Waals surface area contributed by atoms with Gasteiger partial charge in [0, 0.05) is 11.7 Å². The molecule has 0 atom stereocenters. The summed E-state index contributed by atoms with van der Waals surface area (Å²) in [4.78, 5) is 2.37. The van der Waals surface area contributed by atoms with Crippen molar-refractivity contribution in [1.29, 1.82) is 0 Å². The zero-order chi connectivity index (χ0) is 14.5. The van der Waals surface area contributed by atoms with Crippen LogP contribution in [0.4, 0.5) is 5.69 Å². The molecule has 0 aliphatic carbocycles. The van der Waals surface area contributed by atoms with E-state index >= 15 is 0 Å². The molecule has 1 saturated heterocycles. The maximum Gasteiger partial charge on any atom is 0.0959 e. The first kappa shape index (κ1) is 14.9. The molecule has 1 aliphatic rings. The summed E-state index contributed by atoms with van der Waals surface area (Å²) < 4.78 is 0. The zero-order valence-corrected chi connectivity index (χ0v) is 12.9. The molecule has 1 aromatic rings. The fraction of sp³-hybridized carbons (Fsp3) is 0.529. The minimum absolute atomic E-state index is 0.543. The van der Waals surface area contributed by atoms with Crippen molar-refractivity contribution >= 4 is 5.69 Å². The summed E-state index contributed by atoms with van der Waals surface area (Å²) in [5.41, 5.74) is 2.46. The van der Waals surface area contributed by atoms with Crippen molar-refractivity contribution in [3.8, 4) is 0 Å². The predicted molar refractivity (Wildman–Crippen MR) is 86.9 cm³/mol. The van der Waals surface area contributed by atoms with E-state index in [2.05, 4.69) is 67.3 Å². The van der Waals surface area contributed by atoms with Gasteiger partial charge >= 0.3 is 0 Å². The first-order chi connectivity index (χ1) is 9.54. The Bertz CT molecular complexity index is 428. The Morgan fingerprint density at radius 1 is 1.20 bits per heavy atom. The van der Waals surface area contributed by atoms with E-state index in [1.165, 1.54) is 18.4 Å². The lowest BCUT2D eigenvalue weighted by Crippen LogP contribution is -2.41. The largest absolute Gasteiger partial charge is 0.369 e. The zero-order valence-electron chi connectivity index (χ0n) is 12.9. The smallest absolute Gasteiger partial charge is 0.0959 e. The number of hydrogen-bond donors (Lipinski definition) is 2. The third-order valence-corrected chi connectivity index (χ3v) is 3.97. The third kappa shape index (κ3) is 4.27. The van der Waals surface area contributed by atoms with Crippen molar-refractivity contribution < 1.29 is 0 Å². The Kier molecular flexibility index (Phi) is 5.07. The summed E-state index contributed by atoms with van der Waals surface area (Å²) in [6.07, 6.45) is 2.37. The lowest BCUT2D eigenvalue weighted by molar-refractivity contribution is 0.242. The van der Waals surface area contributed by atoms with Gasteiger partial charge in [-0.15, -0.1) is 0 Å². The summed E-state index contributed by atoms with van der Waals surface area (Å²) in [5, 5.41) is 6.84. The van der Waals surface area contributed by atoms with E-state index in [1.54, 1.807) is 0 Å². The van der Waals surface area contributed by atoms with Gasteiger partial charge < -0.3 is 15.5 Å². The van der Waals surface area contributed by atoms with Gasteiger partial charge in [0.25, 0.3) is 0 Å². The predicted octanol–water partition coefficient (Wildman–Crippen LogP) is 3.38. The van der Waals surface area contributed by atoms with Crippen LogP contribution in [0.3, 0.4) is 0 Å². The maximum atomic E-state index is 4.08. The van der Waals surface area contributed by atoms with E-state index in [-0.39, 0.29) is 0 Å². The lowest BCUT2D eigenvalue weighted by atomic mass is 10.0. The van der Waals surface area contributed by atoms with E-state index in [0.717, 1.165) is 24.6 Å². The molecule has 2 N–H and O–H groups in total. The minimum atomic E-state index is 0.543. The Morgan fingerprint density at radius 3 is 2.35 bits per heavy atom. The van der Waals surface area contributed by atoms with Crippen LogP contribution < -0.4 is 10.6 Å². The highest BCUT2D eigenvalue weighted by Gasteiger charge is 2.16. The number of likely N-dealkylation sites (tertiary alicyclic amines) is 1. The van der Waals surface area contributed by atoms with Gasteiger partial charge in [-0.1, -0.05) is 32.6 Å². The van der Waals surface area contributed by atoms with Crippen LogP contribution in [0.5, 0.6) is 0 Å². The molecule has 0 saturated carbocycles. The van der Waals surface area contributed by atoms with Gasteiger partial charge in [0.05, 0.1) is 5.82 Å². The summed E-state index contributed by atoms with van der Waals surface area (Å²) in [7, 11) is 2.18. The highest BCUT2D eigenvalue weighted by atomic mass is 15.1. The number of rotatable bonds is 5. The highest BCUT2D eigenvalue weighted by Crippen LogP contribution is 2.18. The number of benzene rings is 1. The first-order valence-corrected chi connectivity index (χ1v) is 7.55. The Morgan fingerprint density at radius 2 is 1.80 bits per heavy atom. The highest BCUT2D eigenvalue weighted by molar-refractivity contribution is 5.48. The molecule has 110 valence electrons. The van der Waals surface area contributed by atoms with Crippen molar-refractivity contribution in [1.82, 2.24) is 10.2 Å². The first-order valence-electron chi connectivity index (χ1n) is 7.55. The molecular formula is C17H27N3. The van der Waals surface area contributed by atoms with E-state index in [9.17, 15) is 0 Å². The molecule has 0 unspecified atom stereocenters. The molecule has 1 aromatic carbocycles. The second-order valence-electron chi connectivity index (χ2n) is 6.10. The topological polar surface area (TPSA) is 27.3 Å². The summed E-state index contributed by atoms with van der Waals surface area (Å²) >= 11 is 0. The lowest BCUT2D eigenvalue weighted by Gasteiger charge is -2.30. The second-order valence-corrected chi connectivity index (χ2v) is 6.10. The van der Waals surface area contributed by atoms with E-state index in [1.807, 2.05) is 0 Å². The molecule has 0 bridgehead atoms. The van der Waals surface area contributed by atoms with E-state index < -0.39 is 0 Å². The molecular weight excluding hydrogens is 246 g/mol. The van der Waals surface area contributed by atoms with Crippen molar-refractivity contribution in [2.24, 2.45) is 0 Å². The molecule has 20 heavy (non-hydrogen) atoms. The Balaban J connectivity index is 1.82. The van der Waals surface area contributed by atoms with Gasteiger partial charge in [-0.3, -0.25) is 0 Å². The van der Waals surface area contributed by atoms with E-state index in [0.29, 0.717) is 12.0 Å². The van der Waals surface area contributed by atoms with Crippen LogP contribution in [0.25, 0.3) is 0 Å². The minimum Gasteiger partial charge on any atom is -0.369 e. The fourth-order valence-electron chi connectivity index (χ4n) is 2.56. The number of piperidine rings is 1. The van der Waals surface area contributed by atoms with Gasteiger partial charge in [0.15, 0.2) is 0 Å². The van der Waals surface area contributed by atoms with Gasteiger partial charge in [-0.25, -0.2) is 0 Å². The Hall–Kier alpha value is -1.48. The molecule has 0 amide bonds. The van der Waals surface area contributed by atoms with Crippen molar-refractivity contribution in [2.45, 2.75) is 38.6 Å². The molecule has 3 heteroatoms. The van der Waals surface area contributed by atoms with Crippen LogP contribution in [-0.4, -0.2) is 31.1 Å². The van der Waals surface area contributed by atoms with Gasteiger partial charge in [0.1, 0.15) is 0 Å². The van der Waals surface area contributed by atoms with Crippen LogP contribution in [-0.2, 0) is 0 Å². The van der Waals surface area contributed by atoms with Gasteiger partial charge in [-0.2, -0.15) is 0 Å². The third-order valence-electron chi connectivity index (χ3n) is 3.97. The molecule has 1 fully saturated rings. The Labute approximate surface area is 123 Å². The van der Waals surface area contributed by atoms with Crippen molar-refractivity contribution in [2.75, 3.05) is 25.5 Å². The summed E-state index contributed by atoms with van der Waals surface area (Å²) in [6.45, 7) is 10.8. The van der Waals surface area contributed by atoms with Crippen molar-refractivity contribution in [3.05, 3.63) is 42.2 Å². The molecule has 2 rings (SSSR count). The maximum absolute atomic E-state index is 4.08. The second kappa shape index (κ2) is 6.80. The van der Waals surface area contributed by atoms with Crippen molar-refractivity contribution in [3.63, 3.8) is 0 Å². The van der Waals surface area contributed by atoms with Gasteiger partial charge in [-0.05, 0) is 56.6 Å². The number of anilines is 1. The van der Waals surface area contributed by atoms with E-state index in [4.69, 9.17) is 0 Å². The molecule has 0 radical (unpaired) electrons. The molecule has 3 nitrogen and oxygen atoms in total. The number of nitrogens with one attached hydrogen (secondary N) is 2. The summed E-state index contributed by atoms with van der Waals surface area (Å²) in [6, 6.07) is 9.14. The van der Waals surface area contributed by atoms with Gasteiger partial charge in [0.2, 0.25) is 0 Å². The monoisotopic (exact) mass is 273 g/mol. The van der Waals surface area contributed by atoms with Crippen LogP contribution in [0.15, 0.2) is 36.7 Å². The molecule has 1 aliphatic heterocycles. The quantitative estimate of drug-likeness (QED) is 0.861. The molecule has 0 spiro atoms. The van der Waals surface area contributed by atoms with Crippen LogP contribution >= 0.6 is 0 Å². The normalized spacial score (nSPS) is 17.2. The SMILES string of the molecule is C=C(Nc1ccc(C(C)C)cc1)NC1CCN(C)CC1. The average molecular weight is 273 g/mol. The van der Waals surface area contributed by atoms with Crippen LogP contribution in [0.1, 0.15) is 38.2 Å².